The molecule has 0 spiro atoms. The first-order valence-electron chi connectivity index (χ1n) is 5.76. The van der Waals surface area contributed by atoms with Crippen molar-refractivity contribution in [2.24, 2.45) is 0 Å². The average molecular weight is 205 g/mol. The maximum absolute atomic E-state index is 5.58. The summed E-state index contributed by atoms with van der Waals surface area (Å²) in [5.41, 5.74) is 1.34. The summed E-state index contributed by atoms with van der Waals surface area (Å²) in [5.74, 6) is 0. The van der Waals surface area contributed by atoms with E-state index in [-0.39, 0.29) is 0 Å². The molecule has 1 aromatic carbocycles. The van der Waals surface area contributed by atoms with E-state index >= 15 is 0 Å². The van der Waals surface area contributed by atoms with Gasteiger partial charge in [0.2, 0.25) is 0 Å². The van der Waals surface area contributed by atoms with E-state index in [9.17, 15) is 0 Å². The summed E-state index contributed by atoms with van der Waals surface area (Å²) in [4.78, 5) is 0. The summed E-state index contributed by atoms with van der Waals surface area (Å²) in [5, 5.41) is 3.52. The van der Waals surface area contributed by atoms with Crippen LogP contribution < -0.4 is 5.32 Å². The van der Waals surface area contributed by atoms with Crippen LogP contribution in [0.25, 0.3) is 0 Å². The molecule has 2 unspecified atom stereocenters. The lowest BCUT2D eigenvalue weighted by atomic mass is 10.1. The van der Waals surface area contributed by atoms with E-state index in [4.69, 9.17) is 4.74 Å². The molecule has 0 saturated carbocycles. The molecule has 82 valence electrons. The van der Waals surface area contributed by atoms with Crippen molar-refractivity contribution >= 4 is 0 Å². The summed E-state index contributed by atoms with van der Waals surface area (Å²) >= 11 is 0. The summed E-state index contributed by atoms with van der Waals surface area (Å²) in [6.07, 6.45) is 2.84. The van der Waals surface area contributed by atoms with Crippen LogP contribution in [0.5, 0.6) is 0 Å². The van der Waals surface area contributed by atoms with Crippen molar-refractivity contribution in [1.82, 2.24) is 5.32 Å². The first-order chi connectivity index (χ1) is 7.36. The van der Waals surface area contributed by atoms with E-state index in [1.807, 2.05) is 0 Å². The molecule has 2 atom stereocenters. The van der Waals surface area contributed by atoms with Crippen LogP contribution in [0.2, 0.25) is 0 Å². The van der Waals surface area contributed by atoms with Gasteiger partial charge >= 0.3 is 0 Å². The molecule has 1 heterocycles. The Morgan fingerprint density at radius 3 is 2.87 bits per heavy atom. The molecule has 0 bridgehead atoms. The van der Waals surface area contributed by atoms with Crippen LogP contribution in [-0.2, 0) is 4.74 Å². The van der Waals surface area contributed by atoms with Gasteiger partial charge in [-0.05, 0) is 25.3 Å². The highest BCUT2D eigenvalue weighted by Gasteiger charge is 2.16. The van der Waals surface area contributed by atoms with Gasteiger partial charge in [-0.1, -0.05) is 30.3 Å². The van der Waals surface area contributed by atoms with E-state index in [2.05, 4.69) is 42.6 Å². The van der Waals surface area contributed by atoms with Gasteiger partial charge in [0.25, 0.3) is 0 Å². The van der Waals surface area contributed by atoms with Gasteiger partial charge in [0.15, 0.2) is 0 Å². The van der Waals surface area contributed by atoms with Crippen LogP contribution >= 0.6 is 0 Å². The molecular weight excluding hydrogens is 186 g/mol. The number of hydrogen-bond acceptors (Lipinski definition) is 2. The fraction of sp³-hybridized carbons (Fsp3) is 0.538. The van der Waals surface area contributed by atoms with Crippen LogP contribution in [-0.4, -0.2) is 19.3 Å². The molecule has 15 heavy (non-hydrogen) atoms. The Hall–Kier alpha value is -0.860. The zero-order valence-electron chi connectivity index (χ0n) is 9.28. The Balaban J connectivity index is 1.79. The zero-order valence-corrected chi connectivity index (χ0v) is 9.28. The molecule has 0 aromatic heterocycles. The maximum Gasteiger partial charge on any atom is 0.0700 e. The number of benzene rings is 1. The van der Waals surface area contributed by atoms with E-state index in [1.165, 1.54) is 18.4 Å². The van der Waals surface area contributed by atoms with Gasteiger partial charge in [0.05, 0.1) is 6.10 Å². The van der Waals surface area contributed by atoms with Gasteiger partial charge in [0, 0.05) is 19.2 Å². The van der Waals surface area contributed by atoms with Crippen molar-refractivity contribution < 1.29 is 4.74 Å². The predicted octanol–water partition coefficient (Wildman–Crippen LogP) is 2.52. The fourth-order valence-electron chi connectivity index (χ4n) is 1.97. The lowest BCUT2D eigenvalue weighted by Crippen LogP contribution is -2.28. The number of nitrogens with one attached hydrogen (secondary N) is 1. The van der Waals surface area contributed by atoms with Gasteiger partial charge in [0.1, 0.15) is 0 Å². The van der Waals surface area contributed by atoms with Crippen LogP contribution in [0.4, 0.5) is 0 Å². The molecule has 0 aliphatic carbocycles. The van der Waals surface area contributed by atoms with Gasteiger partial charge in [-0.2, -0.15) is 0 Å². The molecule has 1 aliphatic rings. The van der Waals surface area contributed by atoms with E-state index < -0.39 is 0 Å². The molecule has 2 nitrogen and oxygen atoms in total. The molecule has 1 saturated heterocycles. The maximum atomic E-state index is 5.58. The minimum Gasteiger partial charge on any atom is -0.377 e. The van der Waals surface area contributed by atoms with Crippen molar-refractivity contribution in [3.05, 3.63) is 35.9 Å². The van der Waals surface area contributed by atoms with Crippen molar-refractivity contribution in [2.75, 3.05) is 13.2 Å². The lowest BCUT2D eigenvalue weighted by Gasteiger charge is -2.17. The van der Waals surface area contributed by atoms with Crippen molar-refractivity contribution in [3.8, 4) is 0 Å². The number of ether oxygens (including phenoxy) is 1. The molecule has 1 aromatic rings. The number of rotatable bonds is 4. The summed E-state index contributed by atoms with van der Waals surface area (Å²) in [6.45, 7) is 4.10. The second-order valence-electron chi connectivity index (χ2n) is 4.18. The second-order valence-corrected chi connectivity index (χ2v) is 4.18. The van der Waals surface area contributed by atoms with Gasteiger partial charge < -0.3 is 10.1 Å². The monoisotopic (exact) mass is 205 g/mol. The normalized spacial score (nSPS) is 22.9. The highest BCUT2D eigenvalue weighted by Crippen LogP contribution is 2.14. The Morgan fingerprint density at radius 2 is 2.20 bits per heavy atom. The highest BCUT2D eigenvalue weighted by molar-refractivity contribution is 5.17. The van der Waals surface area contributed by atoms with Gasteiger partial charge in [-0.3, -0.25) is 0 Å². The molecule has 2 rings (SSSR count). The van der Waals surface area contributed by atoms with Crippen LogP contribution in [0.3, 0.4) is 0 Å². The summed E-state index contributed by atoms with van der Waals surface area (Å²) in [7, 11) is 0. The van der Waals surface area contributed by atoms with Crippen molar-refractivity contribution in [3.63, 3.8) is 0 Å². The molecule has 1 fully saturated rings. The summed E-state index contributed by atoms with van der Waals surface area (Å²) in [6, 6.07) is 10.9. The first-order valence-corrected chi connectivity index (χ1v) is 5.76. The first kappa shape index (κ1) is 10.7. The van der Waals surface area contributed by atoms with Crippen molar-refractivity contribution in [1.29, 1.82) is 0 Å². The topological polar surface area (TPSA) is 21.3 Å². The molecule has 0 amide bonds. The molecular formula is C13H19NO. The van der Waals surface area contributed by atoms with E-state index in [0.717, 1.165) is 13.2 Å². The summed E-state index contributed by atoms with van der Waals surface area (Å²) < 4.78 is 5.58. The van der Waals surface area contributed by atoms with Crippen LogP contribution in [0.15, 0.2) is 30.3 Å². The SMILES string of the molecule is CC(NCC1CCCO1)c1ccccc1. The Bertz CT molecular complexity index is 280. The number of hydrogen-bond donors (Lipinski definition) is 1. The smallest absolute Gasteiger partial charge is 0.0700 e. The minimum absolute atomic E-state index is 0.412. The van der Waals surface area contributed by atoms with Gasteiger partial charge in [-0.15, -0.1) is 0 Å². The highest BCUT2D eigenvalue weighted by atomic mass is 16.5. The van der Waals surface area contributed by atoms with Crippen molar-refractivity contribution in [2.45, 2.75) is 31.9 Å². The molecule has 1 N–H and O–H groups in total. The molecule has 0 radical (unpaired) electrons. The van der Waals surface area contributed by atoms with E-state index in [1.54, 1.807) is 0 Å². The predicted molar refractivity (Wildman–Crippen MR) is 61.8 cm³/mol. The molecule has 2 heteroatoms. The second kappa shape index (κ2) is 5.29. The Kier molecular flexibility index (Phi) is 3.75. The standard InChI is InChI=1S/C13H19NO/c1-11(12-6-3-2-4-7-12)14-10-13-8-5-9-15-13/h2-4,6-7,11,13-14H,5,8-10H2,1H3. The largest absolute Gasteiger partial charge is 0.377 e. The van der Waals surface area contributed by atoms with E-state index in [0.29, 0.717) is 12.1 Å². The minimum atomic E-state index is 0.412. The zero-order chi connectivity index (χ0) is 10.5. The fourth-order valence-corrected chi connectivity index (χ4v) is 1.97. The van der Waals surface area contributed by atoms with Crippen LogP contribution in [0, 0.1) is 0 Å². The van der Waals surface area contributed by atoms with Crippen LogP contribution in [0.1, 0.15) is 31.4 Å². The Morgan fingerprint density at radius 1 is 1.40 bits per heavy atom. The molecule has 1 aliphatic heterocycles. The third-order valence-corrected chi connectivity index (χ3v) is 2.98. The quantitative estimate of drug-likeness (QED) is 0.815. The lowest BCUT2D eigenvalue weighted by molar-refractivity contribution is 0.108. The van der Waals surface area contributed by atoms with Gasteiger partial charge in [-0.25, -0.2) is 0 Å². The third-order valence-electron chi connectivity index (χ3n) is 2.98. The average Bonchev–Trinajstić information content (AvgIpc) is 2.80. The Labute approximate surface area is 91.6 Å². The third kappa shape index (κ3) is 3.05.